The Morgan fingerprint density at radius 3 is 2.82 bits per heavy atom. The summed E-state index contributed by atoms with van der Waals surface area (Å²) in [6.45, 7) is 1.78. The fraction of sp³-hybridized carbons (Fsp3) is 0.500. The second-order valence-electron chi connectivity index (χ2n) is 4.31. The molecule has 0 atom stereocenters. The van der Waals surface area contributed by atoms with E-state index in [1.165, 1.54) is 0 Å². The van der Waals surface area contributed by atoms with Gasteiger partial charge in [-0.05, 0) is 18.9 Å². The van der Waals surface area contributed by atoms with E-state index < -0.39 is 0 Å². The van der Waals surface area contributed by atoms with Gasteiger partial charge in [-0.2, -0.15) is 0 Å². The molecular formula is C12H18N4O. The van der Waals surface area contributed by atoms with Crippen LogP contribution in [0.4, 0.5) is 11.5 Å². The molecule has 1 amide bonds. The molecule has 1 saturated heterocycles. The maximum Gasteiger partial charge on any atom is 0.222 e. The van der Waals surface area contributed by atoms with Gasteiger partial charge in [0.2, 0.25) is 5.91 Å². The normalized spacial score (nSPS) is 16.9. The Hall–Kier alpha value is -1.78. The van der Waals surface area contributed by atoms with Crippen molar-refractivity contribution < 1.29 is 4.79 Å². The molecule has 1 aliphatic heterocycles. The van der Waals surface area contributed by atoms with Crippen molar-refractivity contribution in [2.24, 2.45) is 5.92 Å². The average molecular weight is 234 g/mol. The Labute approximate surface area is 101 Å². The van der Waals surface area contributed by atoms with Crippen molar-refractivity contribution in [2.45, 2.75) is 12.8 Å². The number of piperidine rings is 1. The van der Waals surface area contributed by atoms with Crippen LogP contribution in [0.3, 0.4) is 0 Å². The zero-order valence-corrected chi connectivity index (χ0v) is 10.0. The Kier molecular flexibility index (Phi) is 3.46. The Morgan fingerprint density at radius 1 is 1.53 bits per heavy atom. The van der Waals surface area contributed by atoms with Gasteiger partial charge in [-0.25, -0.2) is 4.98 Å². The van der Waals surface area contributed by atoms with Gasteiger partial charge < -0.3 is 16.0 Å². The zero-order chi connectivity index (χ0) is 12.3. The predicted molar refractivity (Wildman–Crippen MR) is 67.7 cm³/mol. The van der Waals surface area contributed by atoms with Gasteiger partial charge in [0.1, 0.15) is 5.82 Å². The summed E-state index contributed by atoms with van der Waals surface area (Å²) in [6.07, 6.45) is 3.50. The second-order valence-corrected chi connectivity index (χ2v) is 4.31. The van der Waals surface area contributed by atoms with Crippen LogP contribution in [0.15, 0.2) is 18.3 Å². The van der Waals surface area contributed by atoms with Crippen molar-refractivity contribution in [1.82, 2.24) is 10.3 Å². The number of anilines is 2. The number of pyridine rings is 1. The summed E-state index contributed by atoms with van der Waals surface area (Å²) < 4.78 is 0. The highest BCUT2D eigenvalue weighted by Crippen LogP contribution is 2.23. The molecule has 0 bridgehead atoms. The molecule has 1 aromatic heterocycles. The Morgan fingerprint density at radius 2 is 2.24 bits per heavy atom. The molecule has 0 aliphatic carbocycles. The minimum absolute atomic E-state index is 0.149. The number of amides is 1. The molecule has 5 heteroatoms. The summed E-state index contributed by atoms with van der Waals surface area (Å²) in [5.41, 5.74) is 6.75. The molecule has 1 aliphatic rings. The molecule has 0 aromatic carbocycles. The zero-order valence-electron chi connectivity index (χ0n) is 10.0. The minimum Gasteiger partial charge on any atom is -0.384 e. The quantitative estimate of drug-likeness (QED) is 0.787. The lowest BCUT2D eigenvalue weighted by atomic mass is 9.96. The van der Waals surface area contributed by atoms with Gasteiger partial charge in [0, 0.05) is 44.0 Å². The predicted octanol–water partition coefficient (Wildman–Crippen LogP) is 0.626. The highest BCUT2D eigenvalue weighted by atomic mass is 16.1. The number of hydrogen-bond acceptors (Lipinski definition) is 4. The molecule has 0 unspecified atom stereocenters. The lowest BCUT2D eigenvalue weighted by Gasteiger charge is -2.32. The molecule has 0 spiro atoms. The summed E-state index contributed by atoms with van der Waals surface area (Å²) >= 11 is 0. The average Bonchev–Trinajstić information content (AvgIpc) is 2.38. The van der Waals surface area contributed by atoms with Crippen LogP contribution in [-0.4, -0.2) is 31.0 Å². The van der Waals surface area contributed by atoms with Crippen molar-refractivity contribution in [3.63, 3.8) is 0 Å². The third kappa shape index (κ3) is 2.67. The number of hydrogen-bond donors (Lipinski definition) is 2. The second kappa shape index (κ2) is 5.03. The van der Waals surface area contributed by atoms with Crippen LogP contribution < -0.4 is 16.0 Å². The Bertz CT molecular complexity index is 399. The summed E-state index contributed by atoms with van der Waals surface area (Å²) in [5, 5.41) is 2.71. The molecule has 17 heavy (non-hydrogen) atoms. The minimum atomic E-state index is 0.149. The highest BCUT2D eigenvalue weighted by molar-refractivity contribution is 5.78. The number of aromatic nitrogens is 1. The number of nitrogens with zero attached hydrogens (tertiary/aromatic N) is 2. The van der Waals surface area contributed by atoms with Crippen LogP contribution in [-0.2, 0) is 4.79 Å². The van der Waals surface area contributed by atoms with Crippen LogP contribution in [0.1, 0.15) is 12.8 Å². The number of carbonyl (C=O) groups is 1. The number of nitrogen functional groups attached to an aromatic ring is 1. The lowest BCUT2D eigenvalue weighted by Crippen LogP contribution is -2.39. The molecule has 2 heterocycles. The lowest BCUT2D eigenvalue weighted by molar-refractivity contribution is -0.125. The van der Waals surface area contributed by atoms with Crippen LogP contribution in [0.2, 0.25) is 0 Å². The molecule has 2 rings (SSSR count). The van der Waals surface area contributed by atoms with Gasteiger partial charge >= 0.3 is 0 Å². The molecule has 1 fully saturated rings. The topological polar surface area (TPSA) is 71.2 Å². The third-order valence-electron chi connectivity index (χ3n) is 3.24. The molecule has 0 radical (unpaired) electrons. The van der Waals surface area contributed by atoms with Gasteiger partial charge in [0.25, 0.3) is 0 Å². The summed E-state index contributed by atoms with van der Waals surface area (Å²) in [5.74, 6) is 0.838. The number of nitrogens with one attached hydrogen (secondary N) is 1. The first-order chi connectivity index (χ1) is 8.20. The summed E-state index contributed by atoms with van der Waals surface area (Å²) in [7, 11) is 1.69. The molecule has 3 N–H and O–H groups in total. The van der Waals surface area contributed by atoms with E-state index in [9.17, 15) is 4.79 Å². The van der Waals surface area contributed by atoms with Crippen LogP contribution >= 0.6 is 0 Å². The molecule has 92 valence electrons. The maximum absolute atomic E-state index is 11.5. The molecule has 5 nitrogen and oxygen atoms in total. The van der Waals surface area contributed by atoms with Crippen molar-refractivity contribution in [3.8, 4) is 0 Å². The van der Waals surface area contributed by atoms with Gasteiger partial charge in [-0.3, -0.25) is 4.79 Å². The standard InChI is InChI=1S/C12H18N4O/c1-14-12(17)9-3-6-16(7-4-9)10-2-5-15-11(13)8-10/h2,5,8-9H,3-4,6-7H2,1H3,(H2,13,15)(H,14,17). The van der Waals surface area contributed by atoms with Crippen LogP contribution in [0.25, 0.3) is 0 Å². The SMILES string of the molecule is CNC(=O)C1CCN(c2ccnc(N)c2)CC1. The highest BCUT2D eigenvalue weighted by Gasteiger charge is 2.24. The van der Waals surface area contributed by atoms with E-state index in [1.54, 1.807) is 13.2 Å². The van der Waals surface area contributed by atoms with E-state index >= 15 is 0 Å². The van der Waals surface area contributed by atoms with Crippen molar-refractivity contribution in [1.29, 1.82) is 0 Å². The van der Waals surface area contributed by atoms with Crippen LogP contribution in [0.5, 0.6) is 0 Å². The maximum atomic E-state index is 11.5. The number of carbonyl (C=O) groups excluding carboxylic acids is 1. The molecule has 1 aromatic rings. The van der Waals surface area contributed by atoms with E-state index in [0.29, 0.717) is 5.82 Å². The molecular weight excluding hydrogens is 216 g/mol. The van der Waals surface area contributed by atoms with E-state index in [1.807, 2.05) is 12.1 Å². The molecule has 0 saturated carbocycles. The van der Waals surface area contributed by atoms with E-state index in [2.05, 4.69) is 15.2 Å². The van der Waals surface area contributed by atoms with Crippen molar-refractivity contribution in [3.05, 3.63) is 18.3 Å². The van der Waals surface area contributed by atoms with Crippen LogP contribution in [0, 0.1) is 5.92 Å². The first-order valence-electron chi connectivity index (χ1n) is 5.89. The van der Waals surface area contributed by atoms with Gasteiger partial charge in [-0.1, -0.05) is 0 Å². The van der Waals surface area contributed by atoms with Gasteiger partial charge in [-0.15, -0.1) is 0 Å². The summed E-state index contributed by atoms with van der Waals surface area (Å²) in [4.78, 5) is 17.7. The largest absolute Gasteiger partial charge is 0.384 e. The first-order valence-corrected chi connectivity index (χ1v) is 5.89. The van der Waals surface area contributed by atoms with Crippen molar-refractivity contribution in [2.75, 3.05) is 30.8 Å². The fourth-order valence-corrected chi connectivity index (χ4v) is 2.24. The summed E-state index contributed by atoms with van der Waals surface area (Å²) in [6, 6.07) is 3.83. The number of rotatable bonds is 2. The number of nitrogens with two attached hydrogens (primary N) is 1. The smallest absolute Gasteiger partial charge is 0.222 e. The van der Waals surface area contributed by atoms with E-state index in [-0.39, 0.29) is 11.8 Å². The van der Waals surface area contributed by atoms with E-state index in [4.69, 9.17) is 5.73 Å². The van der Waals surface area contributed by atoms with Crippen molar-refractivity contribution >= 4 is 17.4 Å². The monoisotopic (exact) mass is 234 g/mol. The van der Waals surface area contributed by atoms with Gasteiger partial charge in [0.05, 0.1) is 0 Å². The van der Waals surface area contributed by atoms with E-state index in [0.717, 1.165) is 31.6 Å². The third-order valence-corrected chi connectivity index (χ3v) is 3.24. The van der Waals surface area contributed by atoms with Gasteiger partial charge in [0.15, 0.2) is 0 Å². The fourth-order valence-electron chi connectivity index (χ4n) is 2.24. The first kappa shape index (κ1) is 11.7. The Balaban J connectivity index is 1.97.